The first kappa shape index (κ1) is 28.3. The molecule has 1 amide bonds. The fraction of sp³-hybridized carbons (Fsp3) is 0.474. The molecule has 0 bridgehead atoms. The molecule has 0 fully saturated rings. The molecular formula is C19H27N3O9S3. The fourth-order valence-electron chi connectivity index (χ4n) is 2.92. The van der Waals surface area contributed by atoms with Gasteiger partial charge in [-0.1, -0.05) is 12.1 Å². The van der Waals surface area contributed by atoms with Gasteiger partial charge in [-0.3, -0.25) is 9.52 Å². The largest absolute Gasteiger partial charge is 0.508 e. The number of benzene rings is 1. The number of sulfonamides is 1. The minimum absolute atomic E-state index is 0.0387. The molecule has 15 heteroatoms. The number of hydrogen-bond donors (Lipinski definition) is 8. The molecule has 190 valence electrons. The number of aromatic hydroxyl groups is 1. The van der Waals surface area contributed by atoms with Crippen molar-refractivity contribution in [1.82, 2.24) is 10.3 Å². The molecule has 0 spiro atoms. The van der Waals surface area contributed by atoms with Gasteiger partial charge in [0.2, 0.25) is 10.0 Å². The molecule has 1 heterocycles. The van der Waals surface area contributed by atoms with Crippen LogP contribution in [0.5, 0.6) is 5.75 Å². The summed E-state index contributed by atoms with van der Waals surface area (Å²) in [6, 6.07) is 4.83. The van der Waals surface area contributed by atoms with Gasteiger partial charge in [0.1, 0.15) is 29.8 Å². The van der Waals surface area contributed by atoms with Crippen molar-refractivity contribution in [3.63, 3.8) is 0 Å². The summed E-state index contributed by atoms with van der Waals surface area (Å²) in [7, 11) is -3.67. The first-order chi connectivity index (χ1) is 15.8. The van der Waals surface area contributed by atoms with E-state index in [1.807, 2.05) is 5.32 Å². The van der Waals surface area contributed by atoms with Crippen LogP contribution < -0.4 is 10.0 Å². The topological polar surface area (TPSA) is 210 Å². The molecule has 0 aliphatic rings. The number of aliphatic hydroxyl groups excluding tert-OH is 4. The Balaban J connectivity index is 2.37. The average molecular weight is 538 g/mol. The molecule has 1 aromatic heterocycles. The minimum atomic E-state index is -3.67. The van der Waals surface area contributed by atoms with Crippen LogP contribution in [0.1, 0.15) is 28.6 Å². The number of nitrogens with zero attached hydrogens (tertiary/aromatic N) is 1. The first-order valence-electron chi connectivity index (χ1n) is 9.76. The molecule has 1 aromatic carbocycles. The fourth-order valence-corrected chi connectivity index (χ4v) is 4.94. The molecule has 5 atom stereocenters. The SMILES string of the molecule is CSCCC(O)C(O)C(O)C(O)(NC(=O)c1csc(NS(C)(=O)=O)n1)C(O)c1ccc(O)cc1. The van der Waals surface area contributed by atoms with Gasteiger partial charge in [-0.2, -0.15) is 11.8 Å². The third-order valence-electron chi connectivity index (χ3n) is 4.74. The molecule has 34 heavy (non-hydrogen) atoms. The van der Waals surface area contributed by atoms with Crippen LogP contribution in [-0.2, 0) is 10.0 Å². The number of phenolic OH excluding ortho intramolecular Hbond substituents is 1. The summed E-state index contributed by atoms with van der Waals surface area (Å²) >= 11 is 2.15. The second kappa shape index (κ2) is 11.6. The smallest absolute Gasteiger partial charge is 0.273 e. The lowest BCUT2D eigenvalue weighted by Gasteiger charge is -2.40. The predicted octanol–water partition coefficient (Wildman–Crippen LogP) is -0.792. The van der Waals surface area contributed by atoms with Gasteiger partial charge in [0, 0.05) is 5.38 Å². The molecule has 0 radical (unpaired) electrons. The van der Waals surface area contributed by atoms with E-state index >= 15 is 0 Å². The number of amides is 1. The number of thiazole rings is 1. The number of nitrogens with one attached hydrogen (secondary N) is 2. The maximum absolute atomic E-state index is 12.8. The van der Waals surface area contributed by atoms with E-state index < -0.39 is 46.1 Å². The maximum Gasteiger partial charge on any atom is 0.273 e. The number of rotatable bonds is 12. The van der Waals surface area contributed by atoms with Crippen molar-refractivity contribution in [1.29, 1.82) is 0 Å². The van der Waals surface area contributed by atoms with Crippen molar-refractivity contribution in [2.24, 2.45) is 0 Å². The van der Waals surface area contributed by atoms with E-state index in [9.17, 15) is 43.9 Å². The molecule has 0 saturated carbocycles. The number of anilines is 1. The minimum Gasteiger partial charge on any atom is -0.508 e. The first-order valence-corrected chi connectivity index (χ1v) is 13.9. The molecular weight excluding hydrogens is 510 g/mol. The molecule has 12 nitrogen and oxygen atoms in total. The zero-order valence-corrected chi connectivity index (χ0v) is 20.6. The molecule has 2 rings (SSSR count). The maximum atomic E-state index is 12.8. The highest BCUT2D eigenvalue weighted by Crippen LogP contribution is 2.31. The van der Waals surface area contributed by atoms with Crippen LogP contribution in [-0.4, -0.2) is 92.2 Å². The van der Waals surface area contributed by atoms with E-state index in [0.29, 0.717) is 5.75 Å². The zero-order valence-electron chi connectivity index (χ0n) is 18.2. The average Bonchev–Trinajstić information content (AvgIpc) is 3.23. The Morgan fingerprint density at radius 2 is 1.82 bits per heavy atom. The third kappa shape index (κ3) is 7.26. The van der Waals surface area contributed by atoms with Crippen LogP contribution in [0, 0.1) is 0 Å². The van der Waals surface area contributed by atoms with Crippen molar-refractivity contribution in [3.05, 3.63) is 40.9 Å². The standard InChI is InChI=1S/C19H27N3O9S3/c1-32-8-7-13(24)14(25)16(27)19(29,15(26)10-3-5-11(23)6-4-10)21-17(28)12-9-33-18(20-12)22-34(2,30)31/h3-6,9,13-16,23-27,29H,7-8H2,1-2H3,(H,20,22)(H,21,28). The molecule has 0 aliphatic heterocycles. The summed E-state index contributed by atoms with van der Waals surface area (Å²) in [4.78, 5) is 16.6. The normalized spacial score (nSPS) is 17.3. The van der Waals surface area contributed by atoms with E-state index in [-0.39, 0.29) is 28.6 Å². The van der Waals surface area contributed by atoms with Crippen LogP contribution in [0.3, 0.4) is 0 Å². The Hall–Kier alpha value is -1.98. The van der Waals surface area contributed by atoms with E-state index in [1.165, 1.54) is 41.4 Å². The van der Waals surface area contributed by atoms with Gasteiger partial charge in [-0.15, -0.1) is 11.3 Å². The lowest BCUT2D eigenvalue weighted by Crippen LogP contribution is -2.65. The number of carbonyl (C=O) groups excluding carboxylic acids is 1. The highest BCUT2D eigenvalue weighted by molar-refractivity contribution is 7.98. The summed E-state index contributed by atoms with van der Waals surface area (Å²) in [5, 5.41) is 66.0. The predicted molar refractivity (Wildman–Crippen MR) is 127 cm³/mol. The Bertz CT molecular complexity index is 1060. The number of hydrogen-bond acceptors (Lipinski definition) is 12. The lowest BCUT2D eigenvalue weighted by atomic mass is 9.88. The lowest BCUT2D eigenvalue weighted by molar-refractivity contribution is -0.204. The van der Waals surface area contributed by atoms with Gasteiger partial charge in [-0.05, 0) is 36.1 Å². The number of phenols is 1. The molecule has 0 saturated heterocycles. The van der Waals surface area contributed by atoms with E-state index in [2.05, 4.69) is 9.71 Å². The van der Waals surface area contributed by atoms with Crippen molar-refractivity contribution < 1.29 is 43.9 Å². The second-order valence-corrected chi connectivity index (χ2v) is 11.1. The van der Waals surface area contributed by atoms with Crippen LogP contribution >= 0.6 is 23.1 Å². The Morgan fingerprint density at radius 1 is 1.21 bits per heavy atom. The second-order valence-electron chi connectivity index (χ2n) is 7.47. The van der Waals surface area contributed by atoms with Gasteiger partial charge in [0.15, 0.2) is 10.9 Å². The number of aliphatic hydroxyl groups is 5. The summed E-state index contributed by atoms with van der Waals surface area (Å²) < 4.78 is 24.8. The van der Waals surface area contributed by atoms with Crippen molar-refractivity contribution in [2.75, 3.05) is 23.0 Å². The van der Waals surface area contributed by atoms with Crippen LogP contribution in [0.2, 0.25) is 0 Å². The summed E-state index contributed by atoms with van der Waals surface area (Å²) in [6.45, 7) is 0. The number of aromatic nitrogens is 1. The molecule has 5 unspecified atom stereocenters. The summed E-state index contributed by atoms with van der Waals surface area (Å²) in [5.74, 6) is -0.835. The number of thioether (sulfide) groups is 1. The molecule has 2 aromatic rings. The van der Waals surface area contributed by atoms with Crippen LogP contribution in [0.4, 0.5) is 5.13 Å². The summed E-state index contributed by atoms with van der Waals surface area (Å²) in [6.07, 6.45) is -5.07. The highest BCUT2D eigenvalue weighted by atomic mass is 32.2. The van der Waals surface area contributed by atoms with Crippen LogP contribution in [0.25, 0.3) is 0 Å². The Labute approximate surface area is 204 Å². The highest BCUT2D eigenvalue weighted by Gasteiger charge is 2.50. The van der Waals surface area contributed by atoms with Gasteiger partial charge in [0.25, 0.3) is 5.91 Å². The summed E-state index contributed by atoms with van der Waals surface area (Å²) in [5.41, 5.74) is -3.32. The van der Waals surface area contributed by atoms with E-state index in [1.54, 1.807) is 6.26 Å². The molecule has 0 aliphatic carbocycles. The Morgan fingerprint density at radius 3 is 2.38 bits per heavy atom. The van der Waals surface area contributed by atoms with E-state index in [0.717, 1.165) is 17.6 Å². The third-order valence-corrected chi connectivity index (χ3v) is 6.83. The van der Waals surface area contributed by atoms with Crippen molar-refractivity contribution in [2.45, 2.75) is 36.6 Å². The monoisotopic (exact) mass is 537 g/mol. The quantitative estimate of drug-likeness (QED) is 0.157. The molecule has 8 N–H and O–H groups in total. The van der Waals surface area contributed by atoms with Crippen LogP contribution in [0.15, 0.2) is 29.6 Å². The Kier molecular flexibility index (Phi) is 9.67. The van der Waals surface area contributed by atoms with Crippen molar-refractivity contribution >= 4 is 44.2 Å². The van der Waals surface area contributed by atoms with Gasteiger partial charge in [0.05, 0.1) is 12.4 Å². The number of carbonyl (C=O) groups is 1. The van der Waals surface area contributed by atoms with Crippen molar-refractivity contribution in [3.8, 4) is 5.75 Å². The van der Waals surface area contributed by atoms with Gasteiger partial charge < -0.3 is 36.0 Å². The van der Waals surface area contributed by atoms with E-state index in [4.69, 9.17) is 0 Å². The zero-order chi connectivity index (χ0) is 25.7. The van der Waals surface area contributed by atoms with Gasteiger partial charge >= 0.3 is 0 Å². The van der Waals surface area contributed by atoms with Gasteiger partial charge in [-0.25, -0.2) is 13.4 Å².